The molecule has 0 bridgehead atoms. The lowest BCUT2D eigenvalue weighted by atomic mass is 10.1. The highest BCUT2D eigenvalue weighted by atomic mass is 35.5. The highest BCUT2D eigenvalue weighted by molar-refractivity contribution is 6.33. The summed E-state index contributed by atoms with van der Waals surface area (Å²) < 4.78 is 10.5. The van der Waals surface area contributed by atoms with Crippen LogP contribution in [0.5, 0.6) is 11.5 Å². The molecule has 3 rings (SSSR count). The van der Waals surface area contributed by atoms with Gasteiger partial charge in [-0.2, -0.15) is 0 Å². The number of anilines is 1. The first-order chi connectivity index (χ1) is 12.9. The molecule has 0 N–H and O–H groups in total. The van der Waals surface area contributed by atoms with Crippen LogP contribution in [0.4, 0.5) is 5.69 Å². The summed E-state index contributed by atoms with van der Waals surface area (Å²) in [5.41, 5.74) is 3.96. The molecular weight excluding hydrogens is 364 g/mol. The third kappa shape index (κ3) is 4.14. The second kappa shape index (κ2) is 8.09. The first-order valence-corrected chi connectivity index (χ1v) is 9.34. The van der Waals surface area contributed by atoms with Gasteiger partial charge in [-0.1, -0.05) is 17.7 Å². The van der Waals surface area contributed by atoms with Crippen LogP contribution in [0.25, 0.3) is 0 Å². The number of carbonyl (C=O) groups excluding carboxylic acids is 1. The number of ether oxygens (including phenoxy) is 2. The summed E-state index contributed by atoms with van der Waals surface area (Å²) in [7, 11) is 3.16. The van der Waals surface area contributed by atoms with E-state index in [1.807, 2.05) is 17.9 Å². The molecule has 1 heterocycles. The van der Waals surface area contributed by atoms with Crippen molar-refractivity contribution in [3.05, 3.63) is 52.0 Å². The standard InChI is InChI=1S/C21H25ClN2O3/c1-14-9-15(2)20(19(22)10-14)23-5-7-24(8-6-23)21(25)16-11-17(26-3)13-18(12-16)27-4/h9-13H,5-8H2,1-4H3. The third-order valence-electron chi connectivity index (χ3n) is 4.88. The molecule has 5 nitrogen and oxygen atoms in total. The van der Waals surface area contributed by atoms with Gasteiger partial charge in [-0.25, -0.2) is 0 Å². The van der Waals surface area contributed by atoms with Crippen molar-refractivity contribution >= 4 is 23.2 Å². The monoisotopic (exact) mass is 388 g/mol. The van der Waals surface area contributed by atoms with Crippen LogP contribution < -0.4 is 14.4 Å². The molecule has 0 spiro atoms. The highest BCUT2D eigenvalue weighted by Gasteiger charge is 2.25. The molecule has 0 unspecified atom stereocenters. The number of aryl methyl sites for hydroxylation is 2. The van der Waals surface area contributed by atoms with Crippen molar-refractivity contribution < 1.29 is 14.3 Å². The summed E-state index contributed by atoms with van der Waals surface area (Å²) in [4.78, 5) is 17.0. The summed E-state index contributed by atoms with van der Waals surface area (Å²) in [6.07, 6.45) is 0. The van der Waals surface area contributed by atoms with Crippen molar-refractivity contribution in [2.45, 2.75) is 13.8 Å². The SMILES string of the molecule is COc1cc(OC)cc(C(=O)N2CCN(c3c(C)cc(C)cc3Cl)CC2)c1. The average Bonchev–Trinajstić information content (AvgIpc) is 2.66. The molecular formula is C21H25ClN2O3. The Kier molecular flexibility index (Phi) is 5.80. The number of hydrogen-bond acceptors (Lipinski definition) is 4. The van der Waals surface area contributed by atoms with Crippen LogP contribution in [0, 0.1) is 13.8 Å². The smallest absolute Gasteiger partial charge is 0.254 e. The van der Waals surface area contributed by atoms with Crippen molar-refractivity contribution in [1.82, 2.24) is 4.90 Å². The van der Waals surface area contributed by atoms with Gasteiger partial charge in [-0.15, -0.1) is 0 Å². The van der Waals surface area contributed by atoms with Crippen LogP contribution in [0.3, 0.4) is 0 Å². The molecule has 0 radical (unpaired) electrons. The number of piperazine rings is 1. The van der Waals surface area contributed by atoms with Gasteiger partial charge in [-0.05, 0) is 43.2 Å². The minimum absolute atomic E-state index is 0.0152. The summed E-state index contributed by atoms with van der Waals surface area (Å²) in [6, 6.07) is 9.39. The Hall–Kier alpha value is -2.40. The first-order valence-electron chi connectivity index (χ1n) is 8.97. The predicted octanol–water partition coefficient (Wildman–Crippen LogP) is 3.94. The Morgan fingerprint density at radius 1 is 0.926 bits per heavy atom. The van der Waals surface area contributed by atoms with E-state index in [0.717, 1.165) is 34.9 Å². The molecule has 144 valence electrons. The van der Waals surface area contributed by atoms with E-state index in [2.05, 4.69) is 17.9 Å². The summed E-state index contributed by atoms with van der Waals surface area (Å²) in [5, 5.41) is 0.768. The second-order valence-electron chi connectivity index (χ2n) is 6.79. The first kappa shape index (κ1) is 19.4. The number of benzene rings is 2. The van der Waals surface area contributed by atoms with E-state index in [1.54, 1.807) is 32.4 Å². The quantitative estimate of drug-likeness (QED) is 0.795. The van der Waals surface area contributed by atoms with E-state index in [1.165, 1.54) is 0 Å². The Bertz CT molecular complexity index is 800. The van der Waals surface area contributed by atoms with E-state index in [0.29, 0.717) is 30.2 Å². The molecule has 1 saturated heterocycles. The zero-order chi connectivity index (χ0) is 19.6. The Morgan fingerprint density at radius 3 is 2.04 bits per heavy atom. The Balaban J connectivity index is 1.73. The van der Waals surface area contributed by atoms with Crippen LogP contribution in [0.1, 0.15) is 21.5 Å². The molecule has 2 aromatic rings. The van der Waals surface area contributed by atoms with Gasteiger partial charge >= 0.3 is 0 Å². The number of carbonyl (C=O) groups is 1. The minimum Gasteiger partial charge on any atom is -0.497 e. The van der Waals surface area contributed by atoms with E-state index in [-0.39, 0.29) is 5.91 Å². The maximum atomic E-state index is 12.9. The minimum atomic E-state index is -0.0152. The van der Waals surface area contributed by atoms with Gasteiger partial charge in [0.1, 0.15) is 11.5 Å². The van der Waals surface area contributed by atoms with Crippen LogP contribution in [-0.4, -0.2) is 51.2 Å². The summed E-state index contributed by atoms with van der Waals surface area (Å²) in [6.45, 7) is 6.90. The van der Waals surface area contributed by atoms with Crippen molar-refractivity contribution in [2.75, 3.05) is 45.3 Å². The zero-order valence-corrected chi connectivity index (χ0v) is 17.0. The number of amides is 1. The van der Waals surface area contributed by atoms with Gasteiger partial charge in [0.25, 0.3) is 5.91 Å². The summed E-state index contributed by atoms with van der Waals surface area (Å²) in [5.74, 6) is 1.20. The molecule has 1 amide bonds. The average molecular weight is 389 g/mol. The van der Waals surface area contributed by atoms with E-state index >= 15 is 0 Å². The lowest BCUT2D eigenvalue weighted by molar-refractivity contribution is 0.0746. The topological polar surface area (TPSA) is 42.0 Å². The summed E-state index contributed by atoms with van der Waals surface area (Å²) >= 11 is 6.48. The fourth-order valence-electron chi connectivity index (χ4n) is 3.56. The molecule has 1 aliphatic heterocycles. The highest BCUT2D eigenvalue weighted by Crippen LogP contribution is 2.32. The molecule has 6 heteroatoms. The largest absolute Gasteiger partial charge is 0.497 e. The zero-order valence-electron chi connectivity index (χ0n) is 16.2. The van der Waals surface area contributed by atoms with Gasteiger partial charge in [0.2, 0.25) is 0 Å². The van der Waals surface area contributed by atoms with Crippen LogP contribution >= 0.6 is 11.6 Å². The number of rotatable bonds is 4. The molecule has 2 aromatic carbocycles. The Labute approximate surface area is 165 Å². The van der Waals surface area contributed by atoms with Crippen LogP contribution in [0.2, 0.25) is 5.02 Å². The fraction of sp³-hybridized carbons (Fsp3) is 0.381. The van der Waals surface area contributed by atoms with Gasteiger partial charge in [0, 0.05) is 37.8 Å². The number of nitrogens with zero attached hydrogens (tertiary/aromatic N) is 2. The van der Waals surface area contributed by atoms with Crippen molar-refractivity contribution in [3.63, 3.8) is 0 Å². The molecule has 0 aromatic heterocycles. The third-order valence-corrected chi connectivity index (χ3v) is 5.17. The lowest BCUT2D eigenvalue weighted by Gasteiger charge is -2.37. The van der Waals surface area contributed by atoms with Crippen molar-refractivity contribution in [2.24, 2.45) is 0 Å². The Morgan fingerprint density at radius 2 is 1.52 bits per heavy atom. The molecule has 1 aliphatic rings. The van der Waals surface area contributed by atoms with Gasteiger partial charge in [0.15, 0.2) is 0 Å². The van der Waals surface area contributed by atoms with E-state index in [4.69, 9.17) is 21.1 Å². The normalized spacial score (nSPS) is 14.3. The molecule has 27 heavy (non-hydrogen) atoms. The molecule has 0 saturated carbocycles. The maximum Gasteiger partial charge on any atom is 0.254 e. The van der Waals surface area contributed by atoms with Crippen molar-refractivity contribution in [3.8, 4) is 11.5 Å². The van der Waals surface area contributed by atoms with Gasteiger partial charge < -0.3 is 19.3 Å². The molecule has 0 aliphatic carbocycles. The van der Waals surface area contributed by atoms with Crippen molar-refractivity contribution in [1.29, 1.82) is 0 Å². The van der Waals surface area contributed by atoms with Gasteiger partial charge in [0.05, 0.1) is 24.9 Å². The van der Waals surface area contributed by atoms with Crippen LogP contribution in [-0.2, 0) is 0 Å². The molecule has 0 atom stereocenters. The molecule has 1 fully saturated rings. The van der Waals surface area contributed by atoms with Crippen LogP contribution in [0.15, 0.2) is 30.3 Å². The maximum absolute atomic E-state index is 12.9. The van der Waals surface area contributed by atoms with Gasteiger partial charge in [-0.3, -0.25) is 4.79 Å². The predicted molar refractivity (Wildman–Crippen MR) is 109 cm³/mol. The fourth-order valence-corrected chi connectivity index (χ4v) is 4.00. The second-order valence-corrected chi connectivity index (χ2v) is 7.20. The number of methoxy groups -OCH3 is 2. The van der Waals surface area contributed by atoms with E-state index in [9.17, 15) is 4.79 Å². The lowest BCUT2D eigenvalue weighted by Crippen LogP contribution is -2.49. The van der Waals surface area contributed by atoms with E-state index < -0.39 is 0 Å². The number of hydrogen-bond donors (Lipinski definition) is 0. The number of halogens is 1.